The number of hydrogen-bond acceptors (Lipinski definition) is 4. The molecule has 0 atom stereocenters. The highest BCUT2D eigenvalue weighted by Crippen LogP contribution is 2.44. The van der Waals surface area contributed by atoms with Gasteiger partial charge in [-0.05, 0) is 6.92 Å². The molecule has 1 heterocycles. The summed E-state index contributed by atoms with van der Waals surface area (Å²) in [4.78, 5) is 23.2. The molecule has 0 radical (unpaired) electrons. The minimum absolute atomic E-state index is 0.774. The molecule has 25 heavy (non-hydrogen) atoms. The lowest BCUT2D eigenvalue weighted by atomic mass is 9.97. The molecule has 3 aromatic rings. The predicted octanol–water partition coefficient (Wildman–Crippen LogP) is 4.67. The standard InChI is InChI=1S/C21H18O4/c1-20(17-11-5-2-6-12-17)22-24-21(25-23-20,18-13-7-3-8-14-18)19-15-9-4-10-16-19/h2-16H,1H3. The molecule has 1 aliphatic rings. The first-order chi connectivity index (χ1) is 12.2. The van der Waals surface area contributed by atoms with Crippen LogP contribution in [0, 0.1) is 0 Å². The molecule has 4 rings (SSSR count). The normalized spacial score (nSPS) is 18.6. The number of rotatable bonds is 3. The molecule has 0 spiro atoms. The molecule has 0 bridgehead atoms. The van der Waals surface area contributed by atoms with Gasteiger partial charge in [-0.2, -0.15) is 19.6 Å². The Hall–Kier alpha value is -2.50. The largest absolute Gasteiger partial charge is 0.284 e. The first-order valence-electron chi connectivity index (χ1n) is 8.13. The van der Waals surface area contributed by atoms with E-state index in [1.165, 1.54) is 0 Å². The van der Waals surface area contributed by atoms with Gasteiger partial charge < -0.3 is 0 Å². The molecule has 0 N–H and O–H groups in total. The van der Waals surface area contributed by atoms with Gasteiger partial charge in [-0.15, -0.1) is 0 Å². The van der Waals surface area contributed by atoms with Crippen molar-refractivity contribution in [2.75, 3.05) is 0 Å². The molecule has 0 saturated carbocycles. The van der Waals surface area contributed by atoms with Crippen LogP contribution in [0.2, 0.25) is 0 Å². The summed E-state index contributed by atoms with van der Waals surface area (Å²) in [6, 6.07) is 28.7. The molecule has 1 aliphatic heterocycles. The molecular weight excluding hydrogens is 316 g/mol. The van der Waals surface area contributed by atoms with Gasteiger partial charge in [-0.3, -0.25) is 0 Å². The molecule has 4 heteroatoms. The van der Waals surface area contributed by atoms with Crippen LogP contribution < -0.4 is 0 Å². The van der Waals surface area contributed by atoms with Gasteiger partial charge in [0.25, 0.3) is 11.6 Å². The second kappa shape index (κ2) is 6.43. The Morgan fingerprint density at radius 2 is 0.840 bits per heavy atom. The first kappa shape index (κ1) is 16.0. The van der Waals surface area contributed by atoms with Crippen molar-refractivity contribution in [3.8, 4) is 0 Å². The topological polar surface area (TPSA) is 36.9 Å². The lowest BCUT2D eigenvalue weighted by Crippen LogP contribution is -2.46. The smallest absolute Gasteiger partial charge is 0.189 e. The fourth-order valence-corrected chi connectivity index (χ4v) is 2.82. The Bertz CT molecular complexity index is 769. The maximum Gasteiger partial charge on any atom is 0.284 e. The van der Waals surface area contributed by atoms with E-state index in [4.69, 9.17) is 19.6 Å². The second-order valence-electron chi connectivity index (χ2n) is 5.99. The Kier molecular flexibility index (Phi) is 4.11. The van der Waals surface area contributed by atoms with E-state index in [0.29, 0.717) is 0 Å². The van der Waals surface area contributed by atoms with Crippen LogP contribution in [0.25, 0.3) is 0 Å². The summed E-state index contributed by atoms with van der Waals surface area (Å²) >= 11 is 0. The fraction of sp³-hybridized carbons (Fsp3) is 0.143. The summed E-state index contributed by atoms with van der Waals surface area (Å²) < 4.78 is 0. The SMILES string of the molecule is CC1(c2ccccc2)OOC(c2ccccc2)(c2ccccc2)OO1. The van der Waals surface area contributed by atoms with E-state index in [0.717, 1.165) is 16.7 Å². The van der Waals surface area contributed by atoms with Crippen molar-refractivity contribution in [1.29, 1.82) is 0 Å². The van der Waals surface area contributed by atoms with Gasteiger partial charge in [-0.25, -0.2) is 0 Å². The van der Waals surface area contributed by atoms with Crippen LogP contribution in [-0.2, 0) is 31.1 Å². The van der Waals surface area contributed by atoms with Crippen molar-refractivity contribution in [1.82, 2.24) is 0 Å². The van der Waals surface area contributed by atoms with Crippen LogP contribution in [0.3, 0.4) is 0 Å². The van der Waals surface area contributed by atoms with Crippen LogP contribution in [0.15, 0.2) is 91.0 Å². The zero-order valence-electron chi connectivity index (χ0n) is 13.8. The molecule has 4 nitrogen and oxygen atoms in total. The molecule has 3 aromatic carbocycles. The van der Waals surface area contributed by atoms with E-state index in [1.54, 1.807) is 6.92 Å². The van der Waals surface area contributed by atoms with Crippen molar-refractivity contribution in [3.05, 3.63) is 108 Å². The minimum Gasteiger partial charge on any atom is -0.189 e. The first-order valence-corrected chi connectivity index (χ1v) is 8.13. The van der Waals surface area contributed by atoms with E-state index in [-0.39, 0.29) is 0 Å². The molecule has 0 unspecified atom stereocenters. The Morgan fingerprint density at radius 1 is 0.480 bits per heavy atom. The summed E-state index contributed by atoms with van der Waals surface area (Å²) in [5, 5.41) is 0. The van der Waals surface area contributed by atoms with Gasteiger partial charge in [0.2, 0.25) is 0 Å². The summed E-state index contributed by atoms with van der Waals surface area (Å²) in [7, 11) is 0. The molecule has 1 fully saturated rings. The van der Waals surface area contributed by atoms with Gasteiger partial charge in [-0.1, -0.05) is 91.0 Å². The average Bonchev–Trinajstić information content (AvgIpc) is 2.71. The van der Waals surface area contributed by atoms with Crippen molar-refractivity contribution in [2.45, 2.75) is 18.5 Å². The van der Waals surface area contributed by atoms with Gasteiger partial charge in [0, 0.05) is 16.7 Å². The monoisotopic (exact) mass is 334 g/mol. The predicted molar refractivity (Wildman–Crippen MR) is 91.8 cm³/mol. The molecule has 0 aliphatic carbocycles. The van der Waals surface area contributed by atoms with E-state index in [9.17, 15) is 0 Å². The van der Waals surface area contributed by atoms with Crippen molar-refractivity contribution < 1.29 is 19.6 Å². The van der Waals surface area contributed by atoms with Gasteiger partial charge in [0.05, 0.1) is 0 Å². The lowest BCUT2D eigenvalue weighted by Gasteiger charge is -2.41. The van der Waals surface area contributed by atoms with Crippen LogP contribution >= 0.6 is 0 Å². The maximum absolute atomic E-state index is 5.86. The summed E-state index contributed by atoms with van der Waals surface area (Å²) in [5.41, 5.74) is 2.34. The third-order valence-electron chi connectivity index (χ3n) is 4.24. The van der Waals surface area contributed by atoms with Crippen molar-refractivity contribution in [2.24, 2.45) is 0 Å². The van der Waals surface area contributed by atoms with Crippen LogP contribution in [0.5, 0.6) is 0 Å². The summed E-state index contributed by atoms with van der Waals surface area (Å²) in [6.45, 7) is 1.75. The van der Waals surface area contributed by atoms with Crippen molar-refractivity contribution >= 4 is 0 Å². The number of benzene rings is 3. The number of hydrogen-bond donors (Lipinski definition) is 0. The fourth-order valence-electron chi connectivity index (χ4n) is 2.82. The van der Waals surface area contributed by atoms with Gasteiger partial charge >= 0.3 is 0 Å². The van der Waals surface area contributed by atoms with E-state index in [1.807, 2.05) is 91.0 Å². The van der Waals surface area contributed by atoms with E-state index in [2.05, 4.69) is 0 Å². The summed E-state index contributed by atoms with van der Waals surface area (Å²) in [6.07, 6.45) is 0. The zero-order chi connectivity index (χ0) is 17.2. The Balaban J connectivity index is 1.71. The van der Waals surface area contributed by atoms with Crippen LogP contribution in [0.4, 0.5) is 0 Å². The highest BCUT2D eigenvalue weighted by Gasteiger charge is 2.50. The van der Waals surface area contributed by atoms with Crippen LogP contribution in [0.1, 0.15) is 23.6 Å². The highest BCUT2D eigenvalue weighted by atomic mass is 17.4. The van der Waals surface area contributed by atoms with Crippen LogP contribution in [-0.4, -0.2) is 0 Å². The summed E-state index contributed by atoms with van der Waals surface area (Å²) in [5.74, 6) is -2.45. The van der Waals surface area contributed by atoms with E-state index >= 15 is 0 Å². The Morgan fingerprint density at radius 3 is 1.24 bits per heavy atom. The molecule has 1 saturated heterocycles. The third kappa shape index (κ3) is 2.86. The maximum atomic E-state index is 5.86. The average molecular weight is 334 g/mol. The molecule has 0 amide bonds. The van der Waals surface area contributed by atoms with Crippen molar-refractivity contribution in [3.63, 3.8) is 0 Å². The molecule has 126 valence electrons. The van der Waals surface area contributed by atoms with Gasteiger partial charge in [0.1, 0.15) is 0 Å². The second-order valence-corrected chi connectivity index (χ2v) is 5.99. The van der Waals surface area contributed by atoms with E-state index < -0.39 is 11.6 Å². The minimum atomic E-state index is -1.29. The molecule has 0 aromatic heterocycles. The lowest BCUT2D eigenvalue weighted by molar-refractivity contribution is -0.659. The van der Waals surface area contributed by atoms with Gasteiger partial charge in [0.15, 0.2) is 0 Å². The third-order valence-corrected chi connectivity index (χ3v) is 4.24. The quantitative estimate of drug-likeness (QED) is 0.652. The molecular formula is C21H18O4. The Labute approximate surface area is 146 Å². The highest BCUT2D eigenvalue weighted by molar-refractivity contribution is 5.33. The zero-order valence-corrected chi connectivity index (χ0v) is 13.8.